The Labute approximate surface area is 150 Å². The van der Waals surface area contributed by atoms with E-state index in [0.29, 0.717) is 13.2 Å². The van der Waals surface area contributed by atoms with Crippen molar-refractivity contribution in [2.75, 3.05) is 13.2 Å². The molecule has 140 valence electrons. The van der Waals surface area contributed by atoms with Gasteiger partial charge in [0.25, 0.3) is 0 Å². The lowest BCUT2D eigenvalue weighted by atomic mass is 9.90. The van der Waals surface area contributed by atoms with Gasteiger partial charge in [-0.05, 0) is 33.3 Å². The van der Waals surface area contributed by atoms with E-state index in [2.05, 4.69) is 0 Å². The number of aliphatic hydroxyl groups excluding tert-OH is 1. The fraction of sp³-hybridized carbons (Fsp3) is 0.550. The van der Waals surface area contributed by atoms with Gasteiger partial charge in [0.1, 0.15) is 0 Å². The van der Waals surface area contributed by atoms with Gasteiger partial charge in [0.05, 0.1) is 19.3 Å². The molecule has 1 rings (SSSR count). The summed E-state index contributed by atoms with van der Waals surface area (Å²) in [5.74, 6) is -0.208. The number of carbonyl (C=O) groups is 1. The zero-order chi connectivity index (χ0) is 19.0. The summed E-state index contributed by atoms with van der Waals surface area (Å²) in [6, 6.07) is 9.49. The summed E-state index contributed by atoms with van der Waals surface area (Å²) < 4.78 is 5.67. The summed E-state index contributed by atoms with van der Waals surface area (Å²) in [5.41, 5.74) is 1.41. The molecule has 0 heterocycles. The Kier molecular flexibility index (Phi) is 8.13. The molecule has 0 spiro atoms. The van der Waals surface area contributed by atoms with Gasteiger partial charge in [0.15, 0.2) is 0 Å². The van der Waals surface area contributed by atoms with Gasteiger partial charge in [0, 0.05) is 18.1 Å². The zero-order valence-electron chi connectivity index (χ0n) is 15.9. The van der Waals surface area contributed by atoms with Crippen LogP contribution in [0.15, 0.2) is 42.0 Å². The maximum Gasteiger partial charge on any atom is 0.408 e. The van der Waals surface area contributed by atoms with Crippen LogP contribution in [0.1, 0.15) is 40.2 Å². The van der Waals surface area contributed by atoms with E-state index >= 15 is 0 Å². The minimum absolute atomic E-state index is 0.0828. The second-order valence-corrected chi connectivity index (χ2v) is 7.38. The van der Waals surface area contributed by atoms with Crippen LogP contribution in [-0.2, 0) is 11.3 Å². The van der Waals surface area contributed by atoms with Gasteiger partial charge in [-0.2, -0.15) is 0 Å². The van der Waals surface area contributed by atoms with Gasteiger partial charge in [-0.1, -0.05) is 48.9 Å². The van der Waals surface area contributed by atoms with Crippen LogP contribution in [0.5, 0.6) is 0 Å². The maximum atomic E-state index is 11.8. The van der Waals surface area contributed by atoms with Gasteiger partial charge >= 0.3 is 6.09 Å². The van der Waals surface area contributed by atoms with E-state index in [1.807, 2.05) is 71.0 Å². The van der Waals surface area contributed by atoms with Crippen molar-refractivity contribution in [1.82, 2.24) is 4.90 Å². The highest BCUT2D eigenvalue weighted by Crippen LogP contribution is 2.27. The van der Waals surface area contributed by atoms with Crippen LogP contribution in [0, 0.1) is 5.92 Å². The number of benzene rings is 1. The predicted octanol–water partition coefficient (Wildman–Crippen LogP) is 3.93. The van der Waals surface area contributed by atoms with Crippen LogP contribution >= 0.6 is 0 Å². The summed E-state index contributed by atoms with van der Waals surface area (Å²) in [6.45, 7) is 10.1. The summed E-state index contributed by atoms with van der Waals surface area (Å²) in [5, 5.41) is 19.3. The molecular formula is C20H31NO4. The Morgan fingerprint density at radius 3 is 2.36 bits per heavy atom. The minimum Gasteiger partial charge on any atom is -0.465 e. The van der Waals surface area contributed by atoms with Crippen molar-refractivity contribution in [3.8, 4) is 0 Å². The molecule has 0 unspecified atom stereocenters. The largest absolute Gasteiger partial charge is 0.465 e. The number of aliphatic hydroxyl groups is 1. The molecule has 0 aliphatic carbocycles. The van der Waals surface area contributed by atoms with E-state index in [1.54, 1.807) is 0 Å². The zero-order valence-corrected chi connectivity index (χ0v) is 15.9. The monoisotopic (exact) mass is 349 g/mol. The number of rotatable bonds is 8. The average Bonchev–Trinajstić information content (AvgIpc) is 2.55. The molecule has 1 aromatic rings. The third-order valence-electron chi connectivity index (χ3n) is 4.14. The number of hydrogen-bond acceptors (Lipinski definition) is 3. The van der Waals surface area contributed by atoms with E-state index in [0.717, 1.165) is 11.1 Å². The molecule has 0 radical (unpaired) electrons. The summed E-state index contributed by atoms with van der Waals surface area (Å²) in [6.07, 6.45) is 0.914. The second kappa shape index (κ2) is 9.59. The lowest BCUT2D eigenvalue weighted by molar-refractivity contribution is 0.0512. The molecule has 25 heavy (non-hydrogen) atoms. The van der Waals surface area contributed by atoms with Crippen molar-refractivity contribution in [2.45, 2.75) is 52.8 Å². The van der Waals surface area contributed by atoms with Crippen LogP contribution in [0.2, 0.25) is 0 Å². The van der Waals surface area contributed by atoms with Gasteiger partial charge in [-0.3, -0.25) is 4.90 Å². The highest BCUT2D eigenvalue weighted by atomic mass is 16.5. The average molecular weight is 349 g/mol. The first kappa shape index (κ1) is 21.2. The van der Waals surface area contributed by atoms with E-state index in [1.165, 1.54) is 4.90 Å². The van der Waals surface area contributed by atoms with Crippen LogP contribution in [-0.4, -0.2) is 46.0 Å². The van der Waals surface area contributed by atoms with Crippen molar-refractivity contribution in [1.29, 1.82) is 0 Å². The fourth-order valence-electron chi connectivity index (χ4n) is 2.89. The third-order valence-corrected chi connectivity index (χ3v) is 4.14. The Morgan fingerprint density at radius 2 is 1.88 bits per heavy atom. The number of ether oxygens (including phenoxy) is 1. The van der Waals surface area contributed by atoms with E-state index < -0.39 is 17.7 Å². The molecule has 0 aliphatic heterocycles. The van der Waals surface area contributed by atoms with Crippen LogP contribution in [0.4, 0.5) is 4.79 Å². The minimum atomic E-state index is -0.990. The molecule has 0 bridgehead atoms. The van der Waals surface area contributed by atoms with Gasteiger partial charge in [-0.15, -0.1) is 0 Å². The molecule has 5 nitrogen and oxygen atoms in total. The maximum absolute atomic E-state index is 11.8. The molecule has 0 saturated heterocycles. The first-order valence-corrected chi connectivity index (χ1v) is 8.60. The van der Waals surface area contributed by atoms with Gasteiger partial charge in [0.2, 0.25) is 0 Å². The van der Waals surface area contributed by atoms with Crippen molar-refractivity contribution in [3.63, 3.8) is 0 Å². The van der Waals surface area contributed by atoms with Gasteiger partial charge in [-0.25, -0.2) is 4.79 Å². The fourth-order valence-corrected chi connectivity index (χ4v) is 2.89. The van der Waals surface area contributed by atoms with Crippen LogP contribution in [0.3, 0.4) is 0 Å². The lowest BCUT2D eigenvalue weighted by Gasteiger charge is -2.42. The first-order valence-electron chi connectivity index (χ1n) is 8.60. The highest BCUT2D eigenvalue weighted by Gasteiger charge is 2.36. The molecule has 0 fully saturated rings. The Hall–Kier alpha value is -1.85. The quantitative estimate of drug-likeness (QED) is 0.551. The topological polar surface area (TPSA) is 70.0 Å². The molecule has 2 atom stereocenters. The van der Waals surface area contributed by atoms with Gasteiger partial charge < -0.3 is 14.9 Å². The van der Waals surface area contributed by atoms with Crippen molar-refractivity contribution in [2.24, 2.45) is 5.92 Å². The van der Waals surface area contributed by atoms with E-state index in [-0.39, 0.29) is 12.5 Å². The summed E-state index contributed by atoms with van der Waals surface area (Å²) in [7, 11) is 0. The Balaban J connectivity index is 2.85. The molecule has 0 aromatic heterocycles. The molecule has 1 aromatic carbocycles. The summed E-state index contributed by atoms with van der Waals surface area (Å²) >= 11 is 0. The standard InChI is InChI=1S/C20H31NO4/c1-15(11-12-25-14-17-9-7-6-8-10-17)18(16(2)13-22)21(19(23)24)20(3,4)5/h6-11,16,18,22H,12-14H2,1-5H3,(H,23,24)/t16-,18+/m0/s1. The second-order valence-electron chi connectivity index (χ2n) is 7.38. The SMILES string of the molecule is CC(=CCOCc1ccccc1)[C@H]([C@@H](C)CO)N(C(=O)O)C(C)(C)C. The normalized spacial score (nSPS) is 14.9. The predicted molar refractivity (Wildman–Crippen MR) is 99.5 cm³/mol. The molecule has 5 heteroatoms. The molecule has 1 amide bonds. The molecule has 2 N–H and O–H groups in total. The van der Waals surface area contributed by atoms with E-state index in [4.69, 9.17) is 4.74 Å². The van der Waals surface area contributed by atoms with Crippen molar-refractivity contribution >= 4 is 6.09 Å². The molecule has 0 aliphatic rings. The van der Waals surface area contributed by atoms with Crippen LogP contribution in [0.25, 0.3) is 0 Å². The van der Waals surface area contributed by atoms with E-state index in [9.17, 15) is 15.0 Å². The number of carboxylic acid groups (broad SMARTS) is 1. The number of hydrogen-bond donors (Lipinski definition) is 2. The highest BCUT2D eigenvalue weighted by molar-refractivity contribution is 5.67. The number of amides is 1. The third kappa shape index (κ3) is 6.52. The van der Waals surface area contributed by atoms with Crippen LogP contribution < -0.4 is 0 Å². The Morgan fingerprint density at radius 1 is 1.28 bits per heavy atom. The number of nitrogens with zero attached hydrogens (tertiary/aromatic N) is 1. The smallest absolute Gasteiger partial charge is 0.408 e. The van der Waals surface area contributed by atoms with Crippen molar-refractivity contribution in [3.05, 3.63) is 47.5 Å². The lowest BCUT2D eigenvalue weighted by Crippen LogP contribution is -2.54. The molecule has 0 saturated carbocycles. The first-order chi connectivity index (χ1) is 11.7. The Bertz CT molecular complexity index is 563. The summed E-state index contributed by atoms with van der Waals surface area (Å²) in [4.78, 5) is 13.2. The van der Waals surface area contributed by atoms with Crippen molar-refractivity contribution < 1.29 is 19.7 Å². The molecular weight excluding hydrogens is 318 g/mol.